The molecule has 0 aliphatic carbocycles. The Labute approximate surface area is 102 Å². The molecule has 1 fully saturated rings. The molecular weight excluding hydrogens is 218 g/mol. The molecule has 3 heteroatoms. The molecule has 0 amide bonds. The quantitative estimate of drug-likeness (QED) is 0.786. The molecule has 0 bridgehead atoms. The van der Waals surface area contributed by atoms with Crippen LogP contribution in [-0.2, 0) is 10.3 Å². The molecule has 0 aromatic carbocycles. The van der Waals surface area contributed by atoms with Crippen molar-refractivity contribution >= 4 is 11.3 Å². The summed E-state index contributed by atoms with van der Waals surface area (Å²) >= 11 is 1.79. The molecule has 2 unspecified atom stereocenters. The van der Waals surface area contributed by atoms with Crippen molar-refractivity contribution < 1.29 is 4.74 Å². The van der Waals surface area contributed by atoms with E-state index >= 15 is 0 Å². The lowest BCUT2D eigenvalue weighted by Crippen LogP contribution is -2.53. The van der Waals surface area contributed by atoms with Gasteiger partial charge in [0.1, 0.15) is 5.60 Å². The highest BCUT2D eigenvalue weighted by Gasteiger charge is 2.38. The molecule has 2 rings (SSSR count). The smallest absolute Gasteiger partial charge is 0.112 e. The van der Waals surface area contributed by atoms with Gasteiger partial charge < -0.3 is 4.74 Å². The van der Waals surface area contributed by atoms with Crippen LogP contribution < -0.4 is 0 Å². The number of morpholine rings is 1. The van der Waals surface area contributed by atoms with Gasteiger partial charge >= 0.3 is 0 Å². The normalized spacial score (nSPS) is 32.2. The van der Waals surface area contributed by atoms with Crippen molar-refractivity contribution in [1.82, 2.24) is 4.90 Å². The first kappa shape index (κ1) is 12.1. The molecule has 16 heavy (non-hydrogen) atoms. The molecule has 90 valence electrons. The molecule has 2 heterocycles. The van der Waals surface area contributed by atoms with Gasteiger partial charge in [0.25, 0.3) is 0 Å². The molecule has 0 N–H and O–H groups in total. The van der Waals surface area contributed by atoms with Gasteiger partial charge in [0.2, 0.25) is 0 Å². The van der Waals surface area contributed by atoms with Crippen LogP contribution >= 0.6 is 11.3 Å². The molecular formula is C13H21NOS. The summed E-state index contributed by atoms with van der Waals surface area (Å²) in [4.78, 5) is 3.85. The van der Waals surface area contributed by atoms with Gasteiger partial charge in [-0.25, -0.2) is 0 Å². The van der Waals surface area contributed by atoms with Gasteiger partial charge in [0.15, 0.2) is 0 Å². The van der Waals surface area contributed by atoms with E-state index in [9.17, 15) is 0 Å². The second-order valence-electron chi connectivity index (χ2n) is 5.16. The number of rotatable bonds is 2. The third kappa shape index (κ3) is 2.31. The monoisotopic (exact) mass is 239 g/mol. The predicted octanol–water partition coefficient (Wildman–Crippen LogP) is 3.09. The standard InChI is InChI=1S/C13H21NOS/c1-10(2)14-8-11(3)15-13(4,9-14)12-6-5-7-16-12/h5-7,10-11H,8-9H2,1-4H3. The molecule has 1 aliphatic rings. The zero-order chi connectivity index (χ0) is 11.8. The van der Waals surface area contributed by atoms with E-state index in [0.29, 0.717) is 12.1 Å². The Balaban J connectivity index is 2.21. The van der Waals surface area contributed by atoms with Gasteiger partial charge in [-0.15, -0.1) is 11.3 Å². The van der Waals surface area contributed by atoms with Crippen LogP contribution in [0, 0.1) is 0 Å². The maximum atomic E-state index is 6.17. The van der Waals surface area contributed by atoms with Crippen LogP contribution in [0.1, 0.15) is 32.6 Å². The first-order valence-electron chi connectivity index (χ1n) is 5.97. The zero-order valence-corrected chi connectivity index (χ0v) is 11.4. The SMILES string of the molecule is CC1CN(C(C)C)CC(C)(c2cccs2)O1. The van der Waals surface area contributed by atoms with Gasteiger partial charge in [-0.3, -0.25) is 4.90 Å². The second-order valence-corrected chi connectivity index (χ2v) is 6.11. The lowest BCUT2D eigenvalue weighted by Gasteiger charge is -2.45. The summed E-state index contributed by atoms with van der Waals surface area (Å²) in [6, 6.07) is 4.88. The summed E-state index contributed by atoms with van der Waals surface area (Å²) in [6.45, 7) is 10.9. The Morgan fingerprint density at radius 2 is 2.31 bits per heavy atom. The van der Waals surface area contributed by atoms with Crippen LogP contribution in [0.4, 0.5) is 0 Å². The van der Waals surface area contributed by atoms with E-state index in [1.165, 1.54) is 4.88 Å². The number of nitrogens with zero attached hydrogens (tertiary/aromatic N) is 1. The van der Waals surface area contributed by atoms with Crippen LogP contribution in [0.15, 0.2) is 17.5 Å². The first-order valence-corrected chi connectivity index (χ1v) is 6.85. The van der Waals surface area contributed by atoms with Gasteiger partial charge in [-0.1, -0.05) is 6.07 Å². The van der Waals surface area contributed by atoms with Gasteiger partial charge in [-0.05, 0) is 39.1 Å². The van der Waals surface area contributed by atoms with E-state index in [1.54, 1.807) is 11.3 Å². The van der Waals surface area contributed by atoms with Crippen LogP contribution in [-0.4, -0.2) is 30.1 Å². The minimum Gasteiger partial charge on any atom is -0.364 e. The number of thiophene rings is 1. The third-order valence-corrected chi connectivity index (χ3v) is 4.35. The summed E-state index contributed by atoms with van der Waals surface area (Å²) in [6.07, 6.45) is 0.309. The van der Waals surface area contributed by atoms with Crippen molar-refractivity contribution in [3.05, 3.63) is 22.4 Å². The fourth-order valence-electron chi connectivity index (χ4n) is 2.41. The maximum absolute atomic E-state index is 6.17. The van der Waals surface area contributed by atoms with Crippen molar-refractivity contribution in [2.75, 3.05) is 13.1 Å². The Morgan fingerprint density at radius 1 is 1.56 bits per heavy atom. The van der Waals surface area contributed by atoms with E-state index < -0.39 is 0 Å². The molecule has 2 atom stereocenters. The fraction of sp³-hybridized carbons (Fsp3) is 0.692. The van der Waals surface area contributed by atoms with Crippen LogP contribution in [0.5, 0.6) is 0 Å². The highest BCUT2D eigenvalue weighted by atomic mass is 32.1. The van der Waals surface area contributed by atoms with E-state index in [0.717, 1.165) is 13.1 Å². The average molecular weight is 239 g/mol. The average Bonchev–Trinajstić information content (AvgIpc) is 2.69. The molecule has 0 spiro atoms. The minimum absolute atomic E-state index is 0.129. The second kappa shape index (κ2) is 4.47. The summed E-state index contributed by atoms with van der Waals surface area (Å²) in [5.41, 5.74) is -0.129. The summed E-state index contributed by atoms with van der Waals surface area (Å²) in [5, 5.41) is 2.13. The van der Waals surface area contributed by atoms with Gasteiger partial charge in [-0.2, -0.15) is 0 Å². The van der Waals surface area contributed by atoms with Gasteiger partial charge in [0.05, 0.1) is 6.10 Å². The zero-order valence-electron chi connectivity index (χ0n) is 10.6. The van der Waals surface area contributed by atoms with E-state index in [1.807, 2.05) is 0 Å². The number of ether oxygens (including phenoxy) is 1. The molecule has 0 saturated carbocycles. The van der Waals surface area contributed by atoms with Crippen LogP contribution in [0.3, 0.4) is 0 Å². The lowest BCUT2D eigenvalue weighted by atomic mass is 9.99. The molecule has 1 aromatic heterocycles. The predicted molar refractivity (Wildman–Crippen MR) is 68.9 cm³/mol. The number of hydrogen-bond donors (Lipinski definition) is 0. The van der Waals surface area contributed by atoms with Crippen molar-refractivity contribution in [2.24, 2.45) is 0 Å². The van der Waals surface area contributed by atoms with Crippen LogP contribution in [0.2, 0.25) is 0 Å². The Hall–Kier alpha value is -0.380. The van der Waals surface area contributed by atoms with E-state index in [2.05, 4.69) is 50.1 Å². The summed E-state index contributed by atoms with van der Waals surface area (Å²) in [7, 11) is 0. The molecule has 2 nitrogen and oxygen atoms in total. The highest BCUT2D eigenvalue weighted by Crippen LogP contribution is 2.35. The van der Waals surface area contributed by atoms with E-state index in [4.69, 9.17) is 4.74 Å². The fourth-order valence-corrected chi connectivity index (χ4v) is 3.23. The topological polar surface area (TPSA) is 12.5 Å². The Morgan fingerprint density at radius 3 is 2.88 bits per heavy atom. The van der Waals surface area contributed by atoms with Crippen molar-refractivity contribution in [3.63, 3.8) is 0 Å². The summed E-state index contributed by atoms with van der Waals surface area (Å²) < 4.78 is 6.17. The molecule has 0 radical (unpaired) electrons. The van der Waals surface area contributed by atoms with Crippen molar-refractivity contribution in [2.45, 2.75) is 45.4 Å². The van der Waals surface area contributed by atoms with Crippen LogP contribution in [0.25, 0.3) is 0 Å². The highest BCUT2D eigenvalue weighted by molar-refractivity contribution is 7.10. The number of hydrogen-bond acceptors (Lipinski definition) is 3. The van der Waals surface area contributed by atoms with E-state index in [-0.39, 0.29) is 5.60 Å². The Kier molecular flexibility index (Phi) is 3.38. The Bertz CT molecular complexity index is 336. The third-order valence-electron chi connectivity index (χ3n) is 3.23. The van der Waals surface area contributed by atoms with Gasteiger partial charge in [0, 0.05) is 24.0 Å². The first-order chi connectivity index (χ1) is 7.51. The minimum atomic E-state index is -0.129. The molecule has 1 saturated heterocycles. The maximum Gasteiger partial charge on any atom is 0.112 e. The van der Waals surface area contributed by atoms with Crippen molar-refractivity contribution in [3.8, 4) is 0 Å². The molecule has 1 aromatic rings. The summed E-state index contributed by atoms with van der Waals surface area (Å²) in [5.74, 6) is 0. The molecule has 1 aliphatic heterocycles. The largest absolute Gasteiger partial charge is 0.364 e. The lowest BCUT2D eigenvalue weighted by molar-refractivity contribution is -0.148. The van der Waals surface area contributed by atoms with Crippen molar-refractivity contribution in [1.29, 1.82) is 0 Å².